The minimum Gasteiger partial charge on any atom is -0.376 e. The summed E-state index contributed by atoms with van der Waals surface area (Å²) in [6, 6.07) is 9.04. The van der Waals surface area contributed by atoms with Gasteiger partial charge in [-0.15, -0.1) is 0 Å². The van der Waals surface area contributed by atoms with Gasteiger partial charge in [-0.2, -0.15) is 0 Å². The summed E-state index contributed by atoms with van der Waals surface area (Å²) in [5.41, 5.74) is 2.76. The van der Waals surface area contributed by atoms with Crippen LogP contribution in [0.25, 0.3) is 0 Å². The Morgan fingerprint density at radius 3 is 2.33 bits per heavy atom. The molecule has 0 N–H and O–H groups in total. The molecule has 0 spiro atoms. The first-order chi connectivity index (χ1) is 11.8. The second kappa shape index (κ2) is 11.3. The zero-order valence-corrected chi connectivity index (χ0v) is 15.5. The topological polar surface area (TPSA) is 9.23 Å². The standard InChI is InChI=1S/C23H34O/c1-3-5-6-18-24-19-23-16-14-22(15-17-23)13-12-21-10-8-20(7-4-2)9-11-21/h3-5,7,14-17,20-21H,6,8-13,18-19H2,1-2H3/t20-,21-. The number of benzene rings is 1. The third-order valence-corrected chi connectivity index (χ3v) is 5.15. The van der Waals surface area contributed by atoms with Gasteiger partial charge in [0.15, 0.2) is 0 Å². The van der Waals surface area contributed by atoms with Gasteiger partial charge >= 0.3 is 0 Å². The second-order valence-corrected chi connectivity index (χ2v) is 7.07. The van der Waals surface area contributed by atoms with Crippen molar-refractivity contribution in [1.82, 2.24) is 0 Å². The molecule has 0 amide bonds. The zero-order chi connectivity index (χ0) is 17.0. The summed E-state index contributed by atoms with van der Waals surface area (Å²) in [6.07, 6.45) is 18.0. The summed E-state index contributed by atoms with van der Waals surface area (Å²) in [5, 5.41) is 0. The van der Waals surface area contributed by atoms with Crippen molar-refractivity contribution in [3.8, 4) is 0 Å². The minimum atomic E-state index is 0.729. The van der Waals surface area contributed by atoms with Crippen LogP contribution in [0.1, 0.15) is 63.5 Å². The van der Waals surface area contributed by atoms with Gasteiger partial charge in [0.2, 0.25) is 0 Å². The Labute approximate surface area is 148 Å². The van der Waals surface area contributed by atoms with E-state index in [1.807, 2.05) is 6.92 Å². The first-order valence-electron chi connectivity index (χ1n) is 9.71. The van der Waals surface area contributed by atoms with Crippen LogP contribution >= 0.6 is 0 Å². The molecule has 0 bridgehead atoms. The molecule has 2 rings (SSSR count). The van der Waals surface area contributed by atoms with Crippen molar-refractivity contribution in [2.45, 2.75) is 65.4 Å². The number of aryl methyl sites for hydroxylation is 1. The SMILES string of the molecule is CC=CCCOCc1ccc(CC[C@H]2CC[C@H](C=CC)CC2)cc1. The molecule has 0 radical (unpaired) electrons. The number of allylic oxidation sites excluding steroid dienone is 3. The van der Waals surface area contributed by atoms with E-state index < -0.39 is 0 Å². The predicted molar refractivity (Wildman–Crippen MR) is 104 cm³/mol. The highest BCUT2D eigenvalue weighted by Gasteiger charge is 2.18. The molecule has 1 aliphatic rings. The molecular formula is C23H34O. The van der Waals surface area contributed by atoms with Crippen LogP contribution in [0.5, 0.6) is 0 Å². The predicted octanol–water partition coefficient (Wildman–Crippen LogP) is 6.48. The van der Waals surface area contributed by atoms with Crippen LogP contribution in [-0.2, 0) is 17.8 Å². The zero-order valence-electron chi connectivity index (χ0n) is 15.5. The van der Waals surface area contributed by atoms with Gasteiger partial charge in [0, 0.05) is 0 Å². The Hall–Kier alpha value is -1.34. The van der Waals surface area contributed by atoms with Crippen molar-refractivity contribution in [3.63, 3.8) is 0 Å². The van der Waals surface area contributed by atoms with Gasteiger partial charge in [-0.3, -0.25) is 0 Å². The first kappa shape index (κ1) is 19.0. The highest BCUT2D eigenvalue weighted by Crippen LogP contribution is 2.32. The van der Waals surface area contributed by atoms with E-state index in [0.717, 1.165) is 31.5 Å². The maximum atomic E-state index is 5.69. The molecule has 1 nitrogen and oxygen atoms in total. The maximum Gasteiger partial charge on any atom is 0.0717 e. The van der Waals surface area contributed by atoms with Crippen LogP contribution in [-0.4, -0.2) is 6.61 Å². The third-order valence-electron chi connectivity index (χ3n) is 5.15. The second-order valence-electron chi connectivity index (χ2n) is 7.07. The number of hydrogen-bond acceptors (Lipinski definition) is 1. The fourth-order valence-corrected chi connectivity index (χ4v) is 3.62. The molecule has 1 fully saturated rings. The number of hydrogen-bond donors (Lipinski definition) is 0. The van der Waals surface area contributed by atoms with Crippen LogP contribution < -0.4 is 0 Å². The van der Waals surface area contributed by atoms with Crippen LogP contribution in [0.15, 0.2) is 48.6 Å². The molecule has 0 aromatic heterocycles. The van der Waals surface area contributed by atoms with Crippen LogP contribution in [0.4, 0.5) is 0 Å². The Kier molecular flexibility index (Phi) is 8.91. The monoisotopic (exact) mass is 326 g/mol. The molecule has 24 heavy (non-hydrogen) atoms. The highest BCUT2D eigenvalue weighted by molar-refractivity contribution is 5.22. The van der Waals surface area contributed by atoms with Gasteiger partial charge in [0.05, 0.1) is 13.2 Å². The molecule has 0 unspecified atom stereocenters. The van der Waals surface area contributed by atoms with Gasteiger partial charge in [-0.1, -0.05) is 48.6 Å². The molecule has 132 valence electrons. The summed E-state index contributed by atoms with van der Waals surface area (Å²) in [6.45, 7) is 5.73. The van der Waals surface area contributed by atoms with Gasteiger partial charge < -0.3 is 4.74 Å². The van der Waals surface area contributed by atoms with Crippen molar-refractivity contribution in [2.75, 3.05) is 6.61 Å². The van der Waals surface area contributed by atoms with E-state index in [9.17, 15) is 0 Å². The lowest BCUT2D eigenvalue weighted by molar-refractivity contribution is 0.125. The average molecular weight is 327 g/mol. The van der Waals surface area contributed by atoms with Crippen molar-refractivity contribution in [2.24, 2.45) is 11.8 Å². The van der Waals surface area contributed by atoms with E-state index in [1.165, 1.54) is 49.7 Å². The quantitative estimate of drug-likeness (QED) is 0.372. The van der Waals surface area contributed by atoms with E-state index in [-0.39, 0.29) is 0 Å². The smallest absolute Gasteiger partial charge is 0.0717 e. The van der Waals surface area contributed by atoms with Gasteiger partial charge in [0.25, 0.3) is 0 Å². The van der Waals surface area contributed by atoms with Crippen LogP contribution in [0.2, 0.25) is 0 Å². The minimum absolute atomic E-state index is 0.729. The summed E-state index contributed by atoms with van der Waals surface area (Å²) in [5.74, 6) is 1.78. The summed E-state index contributed by atoms with van der Waals surface area (Å²) >= 11 is 0. The number of ether oxygens (including phenoxy) is 1. The lowest BCUT2D eigenvalue weighted by Crippen LogP contribution is -2.13. The van der Waals surface area contributed by atoms with E-state index in [1.54, 1.807) is 0 Å². The van der Waals surface area contributed by atoms with E-state index >= 15 is 0 Å². The fraction of sp³-hybridized carbons (Fsp3) is 0.565. The molecule has 1 aliphatic carbocycles. The molecule has 0 saturated heterocycles. The normalized spacial score (nSPS) is 21.8. The van der Waals surface area contributed by atoms with Crippen molar-refractivity contribution >= 4 is 0 Å². The summed E-state index contributed by atoms with van der Waals surface area (Å²) in [7, 11) is 0. The summed E-state index contributed by atoms with van der Waals surface area (Å²) in [4.78, 5) is 0. The third kappa shape index (κ3) is 7.05. The molecule has 0 atom stereocenters. The Balaban J connectivity index is 1.65. The van der Waals surface area contributed by atoms with Gasteiger partial charge in [-0.05, 0) is 81.8 Å². The maximum absolute atomic E-state index is 5.69. The molecular weight excluding hydrogens is 292 g/mol. The summed E-state index contributed by atoms with van der Waals surface area (Å²) < 4.78 is 5.69. The van der Waals surface area contributed by atoms with E-state index in [2.05, 4.69) is 55.5 Å². The van der Waals surface area contributed by atoms with E-state index in [4.69, 9.17) is 4.74 Å². The van der Waals surface area contributed by atoms with Crippen LogP contribution in [0, 0.1) is 11.8 Å². The average Bonchev–Trinajstić information content (AvgIpc) is 2.62. The molecule has 1 saturated carbocycles. The molecule has 0 aliphatic heterocycles. The Bertz CT molecular complexity index is 489. The molecule has 1 aromatic rings. The number of rotatable bonds is 9. The van der Waals surface area contributed by atoms with Crippen molar-refractivity contribution in [3.05, 3.63) is 59.7 Å². The Morgan fingerprint density at radius 1 is 0.958 bits per heavy atom. The van der Waals surface area contributed by atoms with Crippen LogP contribution in [0.3, 0.4) is 0 Å². The van der Waals surface area contributed by atoms with Crippen molar-refractivity contribution in [1.29, 1.82) is 0 Å². The molecule has 0 heterocycles. The fourth-order valence-electron chi connectivity index (χ4n) is 3.62. The van der Waals surface area contributed by atoms with Gasteiger partial charge in [-0.25, -0.2) is 0 Å². The van der Waals surface area contributed by atoms with Crippen molar-refractivity contribution < 1.29 is 4.74 Å². The molecule has 1 heteroatoms. The van der Waals surface area contributed by atoms with E-state index in [0.29, 0.717) is 0 Å². The van der Waals surface area contributed by atoms with Gasteiger partial charge in [0.1, 0.15) is 0 Å². The highest BCUT2D eigenvalue weighted by atomic mass is 16.5. The largest absolute Gasteiger partial charge is 0.376 e. The molecule has 1 aromatic carbocycles. The lowest BCUT2D eigenvalue weighted by atomic mass is 9.79. The Morgan fingerprint density at radius 2 is 1.67 bits per heavy atom. The first-order valence-corrected chi connectivity index (χ1v) is 9.71. The lowest BCUT2D eigenvalue weighted by Gasteiger charge is -2.26.